The molecule has 110 valence electrons. The van der Waals surface area contributed by atoms with Crippen LogP contribution in [0.15, 0.2) is 0 Å². The molecule has 1 aromatic rings. The summed E-state index contributed by atoms with van der Waals surface area (Å²) >= 11 is 0. The van der Waals surface area contributed by atoms with Crippen molar-refractivity contribution in [2.45, 2.75) is 64.0 Å². The van der Waals surface area contributed by atoms with Crippen LogP contribution in [-0.2, 0) is 5.54 Å². The lowest BCUT2D eigenvalue weighted by Gasteiger charge is -2.56. The predicted molar refractivity (Wildman–Crippen MR) is 76.1 cm³/mol. The summed E-state index contributed by atoms with van der Waals surface area (Å²) in [5.74, 6) is 3.81. The van der Waals surface area contributed by atoms with Crippen molar-refractivity contribution in [2.24, 2.45) is 17.8 Å². The summed E-state index contributed by atoms with van der Waals surface area (Å²) in [6.45, 7) is 5.26. The summed E-state index contributed by atoms with van der Waals surface area (Å²) in [6, 6.07) is 0.239. The number of hydrogen-bond acceptors (Lipinski definition) is 4. The maximum Gasteiger partial charge on any atom is 0.168 e. The minimum absolute atomic E-state index is 0.233. The number of nitrogens with zero attached hydrogens (tertiary/aromatic N) is 4. The van der Waals surface area contributed by atoms with Crippen molar-refractivity contribution in [3.63, 3.8) is 0 Å². The SMILES string of the molecule is CCNC(C)c1nnnn1C12CC3CC(CC(C3)C1)C2. The van der Waals surface area contributed by atoms with E-state index in [1.807, 2.05) is 0 Å². The van der Waals surface area contributed by atoms with E-state index < -0.39 is 0 Å². The molecule has 4 saturated carbocycles. The van der Waals surface area contributed by atoms with E-state index in [1.54, 1.807) is 0 Å². The van der Waals surface area contributed by atoms with Crippen LogP contribution in [0.1, 0.15) is 64.2 Å². The highest BCUT2D eigenvalue weighted by atomic mass is 15.6. The molecule has 4 aliphatic carbocycles. The van der Waals surface area contributed by atoms with E-state index >= 15 is 0 Å². The van der Waals surface area contributed by atoms with Crippen molar-refractivity contribution in [2.75, 3.05) is 6.54 Å². The Kier molecular flexibility index (Phi) is 2.88. The molecule has 4 bridgehead atoms. The fourth-order valence-electron chi connectivity index (χ4n) is 5.52. The zero-order valence-electron chi connectivity index (χ0n) is 12.5. The molecular formula is C15H25N5. The zero-order chi connectivity index (χ0) is 13.7. The molecule has 0 amide bonds. The van der Waals surface area contributed by atoms with Gasteiger partial charge in [-0.15, -0.1) is 5.10 Å². The average Bonchev–Trinajstić information content (AvgIpc) is 2.87. The Labute approximate surface area is 120 Å². The second-order valence-electron chi connectivity index (χ2n) is 7.37. The minimum atomic E-state index is 0.233. The van der Waals surface area contributed by atoms with Crippen molar-refractivity contribution in [1.29, 1.82) is 0 Å². The summed E-state index contributed by atoms with van der Waals surface area (Å²) < 4.78 is 2.21. The highest BCUT2D eigenvalue weighted by Crippen LogP contribution is 2.58. The highest BCUT2D eigenvalue weighted by Gasteiger charge is 2.53. The van der Waals surface area contributed by atoms with Crippen LogP contribution in [-0.4, -0.2) is 26.8 Å². The number of tetrazole rings is 1. The quantitative estimate of drug-likeness (QED) is 0.916. The number of rotatable bonds is 4. The molecule has 20 heavy (non-hydrogen) atoms. The average molecular weight is 275 g/mol. The Balaban J connectivity index is 1.69. The number of aromatic nitrogens is 4. The molecule has 5 rings (SSSR count). The molecule has 0 aromatic carbocycles. The van der Waals surface area contributed by atoms with Gasteiger partial charge in [-0.2, -0.15) is 0 Å². The first-order chi connectivity index (χ1) is 9.70. The van der Waals surface area contributed by atoms with Crippen LogP contribution in [0.4, 0.5) is 0 Å². The maximum absolute atomic E-state index is 4.43. The van der Waals surface area contributed by atoms with Gasteiger partial charge in [0.2, 0.25) is 0 Å². The van der Waals surface area contributed by atoms with Crippen LogP contribution >= 0.6 is 0 Å². The number of nitrogens with one attached hydrogen (secondary N) is 1. The van der Waals surface area contributed by atoms with E-state index in [0.717, 1.165) is 30.1 Å². The van der Waals surface area contributed by atoms with E-state index in [9.17, 15) is 0 Å². The molecule has 0 aliphatic heterocycles. The second-order valence-corrected chi connectivity index (χ2v) is 7.37. The van der Waals surface area contributed by atoms with Crippen LogP contribution in [0.25, 0.3) is 0 Å². The number of hydrogen-bond donors (Lipinski definition) is 1. The molecule has 4 fully saturated rings. The predicted octanol–water partition coefficient (Wildman–Crippen LogP) is 2.27. The second kappa shape index (κ2) is 4.52. The van der Waals surface area contributed by atoms with E-state index in [2.05, 4.69) is 39.4 Å². The molecule has 1 aromatic heterocycles. The van der Waals surface area contributed by atoms with Gasteiger partial charge in [-0.05, 0) is 80.2 Å². The third-order valence-corrected chi connectivity index (χ3v) is 5.85. The Hall–Kier alpha value is -0.970. The van der Waals surface area contributed by atoms with Gasteiger partial charge in [0.25, 0.3) is 0 Å². The van der Waals surface area contributed by atoms with Gasteiger partial charge < -0.3 is 5.32 Å². The van der Waals surface area contributed by atoms with Crippen molar-refractivity contribution < 1.29 is 0 Å². The Bertz CT molecular complexity index is 459. The molecular weight excluding hydrogens is 250 g/mol. The van der Waals surface area contributed by atoms with Crippen LogP contribution in [0.2, 0.25) is 0 Å². The van der Waals surface area contributed by atoms with Gasteiger partial charge in [-0.1, -0.05) is 6.92 Å². The van der Waals surface area contributed by atoms with Crippen molar-refractivity contribution in [1.82, 2.24) is 25.5 Å². The van der Waals surface area contributed by atoms with Gasteiger partial charge in [0.05, 0.1) is 11.6 Å². The first kappa shape index (κ1) is 12.7. The summed E-state index contributed by atoms with van der Waals surface area (Å²) in [6.07, 6.45) is 8.28. The molecule has 5 heteroatoms. The van der Waals surface area contributed by atoms with Crippen molar-refractivity contribution in [3.05, 3.63) is 5.82 Å². The molecule has 1 atom stereocenters. The molecule has 5 nitrogen and oxygen atoms in total. The minimum Gasteiger partial charge on any atom is -0.308 e. The Morgan fingerprint density at radius 1 is 1.20 bits per heavy atom. The lowest BCUT2D eigenvalue weighted by Crippen LogP contribution is -2.53. The molecule has 0 radical (unpaired) electrons. The fourth-order valence-corrected chi connectivity index (χ4v) is 5.52. The van der Waals surface area contributed by atoms with Crippen LogP contribution in [0, 0.1) is 17.8 Å². The molecule has 1 unspecified atom stereocenters. The molecule has 1 N–H and O–H groups in total. The molecule has 0 spiro atoms. The first-order valence-electron chi connectivity index (χ1n) is 8.22. The van der Waals surface area contributed by atoms with Gasteiger partial charge in [-0.25, -0.2) is 4.68 Å². The Morgan fingerprint density at radius 2 is 1.80 bits per heavy atom. The third-order valence-electron chi connectivity index (χ3n) is 5.85. The van der Waals surface area contributed by atoms with Gasteiger partial charge >= 0.3 is 0 Å². The summed E-state index contributed by atoms with van der Waals surface area (Å²) in [5.41, 5.74) is 0.233. The van der Waals surface area contributed by atoms with Crippen molar-refractivity contribution >= 4 is 0 Å². The van der Waals surface area contributed by atoms with Crippen LogP contribution in [0.3, 0.4) is 0 Å². The van der Waals surface area contributed by atoms with Crippen molar-refractivity contribution in [3.8, 4) is 0 Å². The topological polar surface area (TPSA) is 55.6 Å². The summed E-state index contributed by atoms with van der Waals surface area (Å²) in [4.78, 5) is 0. The largest absolute Gasteiger partial charge is 0.308 e. The van der Waals surface area contributed by atoms with Crippen LogP contribution < -0.4 is 5.32 Å². The van der Waals surface area contributed by atoms with Crippen LogP contribution in [0.5, 0.6) is 0 Å². The molecule has 4 aliphatic rings. The van der Waals surface area contributed by atoms with E-state index in [4.69, 9.17) is 0 Å². The van der Waals surface area contributed by atoms with E-state index in [0.29, 0.717) is 0 Å². The van der Waals surface area contributed by atoms with Gasteiger partial charge in [0.15, 0.2) is 5.82 Å². The monoisotopic (exact) mass is 275 g/mol. The van der Waals surface area contributed by atoms with Gasteiger partial charge in [0, 0.05) is 0 Å². The third kappa shape index (κ3) is 1.82. The van der Waals surface area contributed by atoms with Gasteiger partial charge in [-0.3, -0.25) is 0 Å². The van der Waals surface area contributed by atoms with E-state index in [1.165, 1.54) is 38.5 Å². The first-order valence-corrected chi connectivity index (χ1v) is 8.22. The molecule has 0 saturated heterocycles. The molecule has 1 heterocycles. The lowest BCUT2D eigenvalue weighted by molar-refractivity contribution is -0.0523. The maximum atomic E-state index is 4.43. The fraction of sp³-hybridized carbons (Fsp3) is 0.933. The Morgan fingerprint density at radius 3 is 2.35 bits per heavy atom. The normalized spacial score (nSPS) is 40.2. The zero-order valence-corrected chi connectivity index (χ0v) is 12.5. The van der Waals surface area contributed by atoms with E-state index in [-0.39, 0.29) is 11.6 Å². The summed E-state index contributed by atoms with van der Waals surface area (Å²) in [7, 11) is 0. The standard InChI is InChI=1S/C15H25N5/c1-3-16-10(2)14-17-18-19-20(14)15-7-11-4-12(8-15)6-13(5-11)9-15/h10-13,16H,3-9H2,1-2H3. The lowest BCUT2D eigenvalue weighted by atomic mass is 9.53. The van der Waals surface area contributed by atoms with Gasteiger partial charge in [0.1, 0.15) is 0 Å². The summed E-state index contributed by atoms with van der Waals surface area (Å²) in [5, 5.41) is 16.2. The highest BCUT2D eigenvalue weighted by molar-refractivity contribution is 5.07. The smallest absolute Gasteiger partial charge is 0.168 e.